The smallest absolute Gasteiger partial charge is 0.315 e. The van der Waals surface area contributed by atoms with Crippen LogP contribution in [0.2, 0.25) is 5.02 Å². The molecule has 0 aromatic heterocycles. The number of rotatable bonds is 3. The van der Waals surface area contributed by atoms with E-state index in [-0.39, 0.29) is 30.2 Å². The van der Waals surface area contributed by atoms with Crippen molar-refractivity contribution in [3.05, 3.63) is 34.9 Å². The number of hydrogen-bond donors (Lipinski definition) is 4. The Morgan fingerprint density at radius 3 is 2.77 bits per heavy atom. The van der Waals surface area contributed by atoms with E-state index in [1.54, 1.807) is 12.1 Å². The quantitative estimate of drug-likeness (QED) is 0.683. The van der Waals surface area contributed by atoms with Crippen molar-refractivity contribution < 1.29 is 9.59 Å². The molecule has 0 radical (unpaired) electrons. The monoisotopic (exact) mass is 322 g/mol. The van der Waals surface area contributed by atoms with Crippen molar-refractivity contribution in [2.45, 2.75) is 43.9 Å². The maximum atomic E-state index is 12.0. The van der Waals surface area contributed by atoms with Crippen LogP contribution < -0.4 is 21.3 Å². The number of benzene rings is 1. The summed E-state index contributed by atoms with van der Waals surface area (Å²) < 4.78 is 0. The van der Waals surface area contributed by atoms with Gasteiger partial charge in [-0.2, -0.15) is 0 Å². The number of urea groups is 2. The topological polar surface area (TPSA) is 82.3 Å². The minimum Gasteiger partial charge on any atom is -0.334 e. The Balaban J connectivity index is 1.50. The molecular weight excluding hydrogens is 304 g/mol. The van der Waals surface area contributed by atoms with Crippen molar-refractivity contribution in [2.75, 3.05) is 0 Å². The zero-order valence-corrected chi connectivity index (χ0v) is 12.8. The van der Waals surface area contributed by atoms with Crippen LogP contribution in [0.25, 0.3) is 0 Å². The first-order valence-corrected chi connectivity index (χ1v) is 7.85. The molecule has 1 saturated carbocycles. The number of nitrogens with one attached hydrogen (secondary N) is 4. The molecule has 1 aromatic carbocycles. The number of amides is 4. The lowest BCUT2D eigenvalue weighted by Gasteiger charge is -2.32. The van der Waals surface area contributed by atoms with Crippen molar-refractivity contribution in [1.29, 1.82) is 0 Å². The molecule has 0 spiro atoms. The summed E-state index contributed by atoms with van der Waals surface area (Å²) >= 11 is 5.83. The summed E-state index contributed by atoms with van der Waals surface area (Å²) in [5, 5.41) is 12.2. The van der Waals surface area contributed by atoms with Crippen LogP contribution in [0, 0.1) is 0 Å². The van der Waals surface area contributed by atoms with Gasteiger partial charge in [-0.15, -0.1) is 0 Å². The number of halogens is 1. The predicted octanol–water partition coefficient (Wildman–Crippen LogP) is 1.74. The standard InChI is InChI=1S/C15H19ClN4O2/c16-10-6-4-9(5-7-10)8-17-14(21)18-11-2-1-3-12-13(11)20-15(22)19-12/h4-7,11-13H,1-3,8H2,(H2,17,18,21)(H2,19,20,22). The zero-order chi connectivity index (χ0) is 15.5. The molecule has 2 fully saturated rings. The van der Waals surface area contributed by atoms with Crippen LogP contribution in [0.4, 0.5) is 9.59 Å². The van der Waals surface area contributed by atoms with Gasteiger partial charge >= 0.3 is 12.1 Å². The molecule has 1 aromatic rings. The van der Waals surface area contributed by atoms with E-state index >= 15 is 0 Å². The summed E-state index contributed by atoms with van der Waals surface area (Å²) in [6, 6.07) is 7.02. The van der Waals surface area contributed by atoms with Crippen LogP contribution in [-0.4, -0.2) is 30.2 Å². The van der Waals surface area contributed by atoms with Crippen LogP contribution >= 0.6 is 11.6 Å². The summed E-state index contributed by atoms with van der Waals surface area (Å²) in [5.41, 5.74) is 0.983. The molecule has 6 nitrogen and oxygen atoms in total. The molecule has 1 saturated heterocycles. The van der Waals surface area contributed by atoms with Gasteiger partial charge in [0.2, 0.25) is 0 Å². The fourth-order valence-electron chi connectivity index (χ4n) is 3.09. The number of carbonyl (C=O) groups excluding carboxylic acids is 2. The highest BCUT2D eigenvalue weighted by atomic mass is 35.5. The van der Waals surface area contributed by atoms with Gasteiger partial charge in [0.25, 0.3) is 0 Å². The number of fused-ring (bicyclic) bond motifs is 1. The van der Waals surface area contributed by atoms with E-state index in [2.05, 4.69) is 21.3 Å². The molecule has 0 bridgehead atoms. The molecule has 2 aliphatic rings. The molecular formula is C15H19ClN4O2. The molecule has 7 heteroatoms. The summed E-state index contributed by atoms with van der Waals surface area (Å²) in [7, 11) is 0. The Kier molecular flexibility index (Phi) is 4.38. The van der Waals surface area contributed by atoms with E-state index in [4.69, 9.17) is 11.6 Å². The van der Waals surface area contributed by atoms with Crippen molar-refractivity contribution in [3.8, 4) is 0 Å². The summed E-state index contributed by atoms with van der Waals surface area (Å²) in [6.07, 6.45) is 2.82. The van der Waals surface area contributed by atoms with Gasteiger partial charge in [0.15, 0.2) is 0 Å². The normalized spacial score (nSPS) is 26.6. The van der Waals surface area contributed by atoms with E-state index in [0.717, 1.165) is 24.8 Å². The fourth-order valence-corrected chi connectivity index (χ4v) is 3.21. The Bertz CT molecular complexity index is 563. The Hall–Kier alpha value is -1.95. The summed E-state index contributed by atoms with van der Waals surface area (Å²) in [5.74, 6) is 0. The van der Waals surface area contributed by atoms with Crippen molar-refractivity contribution in [3.63, 3.8) is 0 Å². The van der Waals surface area contributed by atoms with Crippen LogP contribution in [-0.2, 0) is 6.54 Å². The SMILES string of the molecule is O=C(NCc1ccc(Cl)cc1)NC1CCCC2NC(=O)NC12. The first-order valence-electron chi connectivity index (χ1n) is 7.47. The highest BCUT2D eigenvalue weighted by molar-refractivity contribution is 6.30. The second-order valence-corrected chi connectivity index (χ2v) is 6.18. The highest BCUT2D eigenvalue weighted by Crippen LogP contribution is 2.22. The van der Waals surface area contributed by atoms with Gasteiger partial charge < -0.3 is 21.3 Å². The third kappa shape index (κ3) is 3.44. The van der Waals surface area contributed by atoms with Gasteiger partial charge in [-0.05, 0) is 37.0 Å². The second kappa shape index (κ2) is 6.44. The lowest BCUT2D eigenvalue weighted by atomic mass is 9.87. The molecule has 118 valence electrons. The highest BCUT2D eigenvalue weighted by Gasteiger charge is 2.40. The Labute approximate surface area is 134 Å². The third-order valence-corrected chi connectivity index (χ3v) is 4.45. The van der Waals surface area contributed by atoms with Gasteiger partial charge in [-0.3, -0.25) is 0 Å². The molecule has 1 heterocycles. The van der Waals surface area contributed by atoms with Gasteiger partial charge in [0, 0.05) is 11.6 Å². The largest absolute Gasteiger partial charge is 0.334 e. The first kappa shape index (κ1) is 15.0. The van der Waals surface area contributed by atoms with Crippen molar-refractivity contribution >= 4 is 23.7 Å². The maximum Gasteiger partial charge on any atom is 0.315 e. The van der Waals surface area contributed by atoms with E-state index in [0.29, 0.717) is 11.6 Å². The van der Waals surface area contributed by atoms with Gasteiger partial charge in [0.05, 0.1) is 18.1 Å². The molecule has 3 unspecified atom stereocenters. The molecule has 4 amide bonds. The molecule has 3 rings (SSSR count). The minimum atomic E-state index is -0.221. The summed E-state index contributed by atoms with van der Waals surface area (Å²) in [6.45, 7) is 0.439. The van der Waals surface area contributed by atoms with E-state index in [1.807, 2.05) is 12.1 Å². The van der Waals surface area contributed by atoms with Gasteiger partial charge in [0.1, 0.15) is 0 Å². The average molecular weight is 323 g/mol. The average Bonchev–Trinajstić information content (AvgIpc) is 2.88. The predicted molar refractivity (Wildman–Crippen MR) is 83.7 cm³/mol. The van der Waals surface area contributed by atoms with Crippen LogP contribution in [0.5, 0.6) is 0 Å². The Morgan fingerprint density at radius 1 is 1.23 bits per heavy atom. The van der Waals surface area contributed by atoms with Gasteiger partial charge in [-0.1, -0.05) is 23.7 Å². The molecule has 1 aliphatic carbocycles. The van der Waals surface area contributed by atoms with Crippen LogP contribution in [0.3, 0.4) is 0 Å². The first-order chi connectivity index (χ1) is 10.6. The van der Waals surface area contributed by atoms with Crippen LogP contribution in [0.1, 0.15) is 24.8 Å². The third-order valence-electron chi connectivity index (χ3n) is 4.19. The number of carbonyl (C=O) groups is 2. The second-order valence-electron chi connectivity index (χ2n) is 5.74. The van der Waals surface area contributed by atoms with Crippen molar-refractivity contribution in [1.82, 2.24) is 21.3 Å². The number of hydrogen-bond acceptors (Lipinski definition) is 2. The Morgan fingerprint density at radius 2 is 2.00 bits per heavy atom. The molecule has 1 aliphatic heterocycles. The minimum absolute atomic E-state index is 0.0254. The molecule has 4 N–H and O–H groups in total. The maximum absolute atomic E-state index is 12.0. The van der Waals surface area contributed by atoms with Crippen molar-refractivity contribution in [2.24, 2.45) is 0 Å². The fraction of sp³-hybridized carbons (Fsp3) is 0.467. The van der Waals surface area contributed by atoms with E-state index < -0.39 is 0 Å². The lowest BCUT2D eigenvalue weighted by Crippen LogP contribution is -2.56. The lowest BCUT2D eigenvalue weighted by molar-refractivity contribution is 0.223. The van der Waals surface area contributed by atoms with E-state index in [1.165, 1.54) is 0 Å². The molecule has 3 atom stereocenters. The summed E-state index contributed by atoms with van der Waals surface area (Å²) in [4.78, 5) is 23.5. The molecule has 22 heavy (non-hydrogen) atoms. The van der Waals surface area contributed by atoms with Gasteiger partial charge in [-0.25, -0.2) is 9.59 Å². The van der Waals surface area contributed by atoms with Crippen LogP contribution in [0.15, 0.2) is 24.3 Å². The zero-order valence-electron chi connectivity index (χ0n) is 12.1. The van der Waals surface area contributed by atoms with E-state index in [9.17, 15) is 9.59 Å².